The van der Waals surface area contributed by atoms with Crippen LogP contribution >= 0.6 is 0 Å². The third-order valence-electron chi connectivity index (χ3n) is 4.64. The Hall–Kier alpha value is -2.32. The Kier molecular flexibility index (Phi) is 3.81. The lowest BCUT2D eigenvalue weighted by Gasteiger charge is -2.25. The molecule has 0 bridgehead atoms. The zero-order chi connectivity index (χ0) is 17.6. The maximum Gasteiger partial charge on any atom is 0.241 e. The van der Waals surface area contributed by atoms with E-state index in [1.807, 2.05) is 0 Å². The van der Waals surface area contributed by atoms with Crippen LogP contribution in [0.4, 0.5) is 4.39 Å². The van der Waals surface area contributed by atoms with Crippen molar-refractivity contribution in [3.05, 3.63) is 53.1 Å². The zero-order valence-corrected chi connectivity index (χ0v) is 14.4. The highest BCUT2D eigenvalue weighted by atomic mass is 32.2. The third kappa shape index (κ3) is 2.91. The van der Waals surface area contributed by atoms with Crippen molar-refractivity contribution in [2.45, 2.75) is 37.1 Å². The molecule has 0 fully saturated rings. The lowest BCUT2D eigenvalue weighted by molar-refractivity contribution is 0.507. The largest absolute Gasteiger partial charge is 0.261 e. The van der Waals surface area contributed by atoms with E-state index in [2.05, 4.69) is 19.9 Å². The van der Waals surface area contributed by atoms with Gasteiger partial charge in [-0.3, -0.25) is 5.10 Å². The number of aromatic nitrogens is 3. The Labute approximate surface area is 144 Å². The summed E-state index contributed by atoms with van der Waals surface area (Å²) < 4.78 is 41.3. The second-order valence-electron chi connectivity index (χ2n) is 6.37. The predicted molar refractivity (Wildman–Crippen MR) is 91.2 cm³/mol. The van der Waals surface area contributed by atoms with Gasteiger partial charge in [-0.2, -0.15) is 5.10 Å². The molecule has 1 unspecified atom stereocenters. The van der Waals surface area contributed by atoms with Crippen LogP contribution in [0.1, 0.15) is 23.1 Å². The van der Waals surface area contributed by atoms with Gasteiger partial charge >= 0.3 is 0 Å². The average Bonchev–Trinajstić information content (AvgIpc) is 3.02. The van der Waals surface area contributed by atoms with Crippen LogP contribution in [-0.4, -0.2) is 29.6 Å². The van der Waals surface area contributed by atoms with Crippen LogP contribution in [0.25, 0.3) is 11.0 Å². The molecule has 0 radical (unpaired) electrons. The summed E-state index contributed by atoms with van der Waals surface area (Å²) in [6.07, 6.45) is 5.55. The minimum Gasteiger partial charge on any atom is -0.261 e. The summed E-state index contributed by atoms with van der Waals surface area (Å²) in [7, 11) is -3.70. The monoisotopic (exact) mass is 360 g/mol. The minimum absolute atomic E-state index is 0.114. The summed E-state index contributed by atoms with van der Waals surface area (Å²) in [5.41, 5.74) is 3.35. The third-order valence-corrected chi connectivity index (χ3v) is 6.32. The average molecular weight is 360 g/mol. The summed E-state index contributed by atoms with van der Waals surface area (Å²) in [6, 6.07) is 3.48. The van der Waals surface area contributed by atoms with E-state index < -0.39 is 15.8 Å². The molecule has 1 aliphatic carbocycles. The Bertz CT molecular complexity index is 1060. The second-order valence-corrected chi connectivity index (χ2v) is 8.05. The van der Waals surface area contributed by atoms with E-state index >= 15 is 0 Å². The standard InChI is InChI=1S/C17H17FN4O2S/c1-10-6-12(18)2-5-16(10)25(23,24)22-13-3-4-14-11(7-13)8-19-17-15(14)9-20-21-17/h2,5-6,8-9,13,22H,3-4,7H2,1H3,(H,19,20,21). The van der Waals surface area contributed by atoms with Crippen molar-refractivity contribution in [2.75, 3.05) is 0 Å². The molecule has 0 saturated heterocycles. The number of nitrogens with one attached hydrogen (secondary N) is 2. The van der Waals surface area contributed by atoms with E-state index in [0.717, 1.165) is 29.1 Å². The van der Waals surface area contributed by atoms with Crippen molar-refractivity contribution >= 4 is 21.1 Å². The molecule has 25 heavy (non-hydrogen) atoms. The maximum absolute atomic E-state index is 13.2. The Balaban J connectivity index is 1.59. The van der Waals surface area contributed by atoms with Crippen molar-refractivity contribution < 1.29 is 12.8 Å². The van der Waals surface area contributed by atoms with Gasteiger partial charge in [-0.1, -0.05) is 0 Å². The number of rotatable bonds is 3. The van der Waals surface area contributed by atoms with E-state index in [9.17, 15) is 12.8 Å². The van der Waals surface area contributed by atoms with Gasteiger partial charge in [0.2, 0.25) is 10.0 Å². The summed E-state index contributed by atoms with van der Waals surface area (Å²) in [4.78, 5) is 4.44. The number of nitrogens with zero attached hydrogens (tertiary/aromatic N) is 2. The van der Waals surface area contributed by atoms with Gasteiger partial charge in [0.25, 0.3) is 0 Å². The molecule has 0 amide bonds. The molecular formula is C17H17FN4O2S. The van der Waals surface area contributed by atoms with E-state index in [4.69, 9.17) is 0 Å². The van der Waals surface area contributed by atoms with Crippen LogP contribution in [0.2, 0.25) is 0 Å². The smallest absolute Gasteiger partial charge is 0.241 e. The van der Waals surface area contributed by atoms with Crippen molar-refractivity contribution in [3.8, 4) is 0 Å². The SMILES string of the molecule is Cc1cc(F)ccc1S(=O)(=O)NC1CCc2c(cnc3[nH]ncc23)C1. The number of benzene rings is 1. The number of pyridine rings is 1. The molecule has 1 aliphatic rings. The number of halogens is 1. The fourth-order valence-corrected chi connectivity index (χ4v) is 4.94. The van der Waals surface area contributed by atoms with Gasteiger partial charge < -0.3 is 0 Å². The summed E-state index contributed by atoms with van der Waals surface area (Å²) in [5.74, 6) is -0.446. The van der Waals surface area contributed by atoms with Gasteiger partial charge in [0.05, 0.1) is 11.1 Å². The van der Waals surface area contributed by atoms with Crippen molar-refractivity contribution in [1.82, 2.24) is 19.9 Å². The highest BCUT2D eigenvalue weighted by Crippen LogP contribution is 2.27. The first kappa shape index (κ1) is 16.2. The highest BCUT2D eigenvalue weighted by Gasteiger charge is 2.26. The van der Waals surface area contributed by atoms with Gasteiger partial charge in [0, 0.05) is 17.6 Å². The molecule has 0 saturated carbocycles. The number of fused-ring (bicyclic) bond motifs is 3. The van der Waals surface area contributed by atoms with Crippen LogP contribution < -0.4 is 4.72 Å². The topological polar surface area (TPSA) is 87.7 Å². The Morgan fingerprint density at radius 1 is 1.32 bits per heavy atom. The van der Waals surface area contributed by atoms with Gasteiger partial charge in [-0.15, -0.1) is 0 Å². The summed E-state index contributed by atoms with van der Waals surface area (Å²) in [5, 5.41) is 7.86. The molecular weight excluding hydrogens is 343 g/mol. The lowest BCUT2D eigenvalue weighted by Crippen LogP contribution is -2.39. The van der Waals surface area contributed by atoms with Crippen LogP contribution in [0, 0.1) is 12.7 Å². The van der Waals surface area contributed by atoms with E-state index in [1.54, 1.807) is 19.3 Å². The van der Waals surface area contributed by atoms with Crippen molar-refractivity contribution in [1.29, 1.82) is 0 Å². The first-order chi connectivity index (χ1) is 11.9. The van der Waals surface area contributed by atoms with Crippen molar-refractivity contribution in [3.63, 3.8) is 0 Å². The van der Waals surface area contributed by atoms with Crippen LogP contribution in [0.5, 0.6) is 0 Å². The fourth-order valence-electron chi connectivity index (χ4n) is 3.45. The summed E-state index contributed by atoms with van der Waals surface area (Å²) in [6.45, 7) is 1.59. The first-order valence-corrected chi connectivity index (χ1v) is 9.51. The van der Waals surface area contributed by atoms with Gasteiger partial charge in [0.1, 0.15) is 5.82 Å². The number of aryl methyl sites for hydroxylation is 2. The molecule has 8 heteroatoms. The van der Waals surface area contributed by atoms with Crippen LogP contribution in [0.3, 0.4) is 0 Å². The molecule has 6 nitrogen and oxygen atoms in total. The Morgan fingerprint density at radius 3 is 2.96 bits per heavy atom. The quantitative estimate of drug-likeness (QED) is 0.750. The maximum atomic E-state index is 13.2. The van der Waals surface area contributed by atoms with Gasteiger partial charge in [-0.25, -0.2) is 22.5 Å². The predicted octanol–water partition coefficient (Wildman–Crippen LogP) is 2.24. The molecule has 3 aromatic rings. The van der Waals surface area contributed by atoms with E-state index in [-0.39, 0.29) is 10.9 Å². The Morgan fingerprint density at radius 2 is 2.16 bits per heavy atom. The minimum atomic E-state index is -3.70. The molecule has 0 aliphatic heterocycles. The first-order valence-electron chi connectivity index (χ1n) is 8.02. The number of sulfonamides is 1. The molecule has 0 spiro atoms. The summed E-state index contributed by atoms with van der Waals surface area (Å²) >= 11 is 0. The molecule has 130 valence electrons. The van der Waals surface area contributed by atoms with Crippen molar-refractivity contribution in [2.24, 2.45) is 0 Å². The van der Waals surface area contributed by atoms with Gasteiger partial charge in [0.15, 0.2) is 5.65 Å². The lowest BCUT2D eigenvalue weighted by atomic mass is 9.88. The van der Waals surface area contributed by atoms with Crippen LogP contribution in [0.15, 0.2) is 35.5 Å². The van der Waals surface area contributed by atoms with Gasteiger partial charge in [-0.05, 0) is 61.1 Å². The number of aromatic amines is 1. The molecule has 4 rings (SSSR count). The van der Waals surface area contributed by atoms with E-state index in [0.29, 0.717) is 18.4 Å². The molecule has 1 atom stereocenters. The molecule has 2 heterocycles. The number of hydrogen-bond donors (Lipinski definition) is 2. The molecule has 2 N–H and O–H groups in total. The molecule has 1 aromatic carbocycles. The molecule has 2 aromatic heterocycles. The number of H-pyrrole nitrogens is 1. The normalized spacial score (nSPS) is 17.6. The number of hydrogen-bond acceptors (Lipinski definition) is 4. The zero-order valence-electron chi connectivity index (χ0n) is 13.6. The van der Waals surface area contributed by atoms with Crippen LogP contribution in [-0.2, 0) is 22.9 Å². The second kappa shape index (κ2) is 5.89. The van der Waals surface area contributed by atoms with E-state index in [1.165, 1.54) is 17.7 Å². The fraction of sp³-hybridized carbons (Fsp3) is 0.294. The highest BCUT2D eigenvalue weighted by molar-refractivity contribution is 7.89.